The van der Waals surface area contributed by atoms with E-state index in [1.807, 2.05) is 6.07 Å². The van der Waals surface area contributed by atoms with E-state index in [0.717, 1.165) is 47.0 Å². The van der Waals surface area contributed by atoms with Gasteiger partial charge in [0.15, 0.2) is 11.5 Å². The molecule has 0 spiro atoms. The van der Waals surface area contributed by atoms with E-state index in [1.165, 1.54) is 0 Å². The zero-order valence-electron chi connectivity index (χ0n) is 18.7. The van der Waals surface area contributed by atoms with Gasteiger partial charge in [0, 0.05) is 28.1 Å². The van der Waals surface area contributed by atoms with E-state index >= 15 is 0 Å². The molecule has 0 unspecified atom stereocenters. The lowest BCUT2D eigenvalue weighted by Gasteiger charge is -2.27. The predicted molar refractivity (Wildman–Crippen MR) is 132 cm³/mol. The van der Waals surface area contributed by atoms with Crippen LogP contribution in [-0.4, -0.2) is 73.4 Å². The van der Waals surface area contributed by atoms with Crippen molar-refractivity contribution in [2.45, 2.75) is 12.8 Å². The molecule has 1 aliphatic heterocycles. The fourth-order valence-electron chi connectivity index (χ4n) is 3.47. The first-order valence-corrected chi connectivity index (χ1v) is 11.4. The van der Waals surface area contributed by atoms with E-state index in [2.05, 4.69) is 48.4 Å². The molecule has 184 valence electrons. The number of fused-ring (bicyclic) bond motifs is 1. The molecule has 2 aromatic heterocycles. The SMILES string of the molecule is CN1CCC(C(=O)Nc2n[nH]c3nc(-c4ccc(O)cc4)c(Br)cc23)CC1.O=C(O)/C=C\C(=O)O. The standard InChI is InChI=1S/C19H20BrN5O2.C4H4O4/c1-25-8-6-12(7-9-25)19(27)22-18-14-10-15(20)16(21-17(14)23-24-18)11-2-4-13(26)5-3-11;5-3(6)1-2-4(7)8/h2-5,10,12,26H,6-9H2,1H3,(H2,21,22,23,24,27);1-2H,(H,5,6)(H,7,8)/b;2-1-. The number of aromatic nitrogens is 3. The van der Waals surface area contributed by atoms with Crippen LogP contribution in [0.5, 0.6) is 5.75 Å². The number of piperidine rings is 1. The Balaban J connectivity index is 0.000000371. The van der Waals surface area contributed by atoms with E-state index < -0.39 is 11.9 Å². The molecule has 12 heteroatoms. The van der Waals surface area contributed by atoms with Crippen LogP contribution in [0.3, 0.4) is 0 Å². The number of halogens is 1. The summed E-state index contributed by atoms with van der Waals surface area (Å²) in [6.45, 7) is 1.87. The first-order valence-electron chi connectivity index (χ1n) is 10.6. The van der Waals surface area contributed by atoms with Gasteiger partial charge >= 0.3 is 11.9 Å². The van der Waals surface area contributed by atoms with Crippen molar-refractivity contribution in [1.82, 2.24) is 20.1 Å². The van der Waals surface area contributed by atoms with Gasteiger partial charge in [0.25, 0.3) is 0 Å². The number of hydrogen-bond donors (Lipinski definition) is 5. The third kappa shape index (κ3) is 7.11. The number of benzene rings is 1. The summed E-state index contributed by atoms with van der Waals surface area (Å²) in [6.07, 6.45) is 2.83. The zero-order chi connectivity index (χ0) is 25.5. The molecule has 0 radical (unpaired) electrons. The minimum atomic E-state index is -1.26. The summed E-state index contributed by atoms with van der Waals surface area (Å²) in [4.78, 5) is 38.5. The number of carbonyl (C=O) groups is 3. The fraction of sp³-hybridized carbons (Fsp3) is 0.261. The van der Waals surface area contributed by atoms with Crippen LogP contribution >= 0.6 is 15.9 Å². The van der Waals surface area contributed by atoms with E-state index in [1.54, 1.807) is 24.3 Å². The summed E-state index contributed by atoms with van der Waals surface area (Å²) in [6, 6.07) is 8.74. The lowest BCUT2D eigenvalue weighted by atomic mass is 9.96. The Hall–Kier alpha value is -3.77. The number of phenols is 1. The third-order valence-electron chi connectivity index (χ3n) is 5.34. The maximum Gasteiger partial charge on any atom is 0.328 e. The van der Waals surface area contributed by atoms with Crippen LogP contribution in [0.2, 0.25) is 0 Å². The van der Waals surface area contributed by atoms with Gasteiger partial charge in [-0.3, -0.25) is 9.89 Å². The van der Waals surface area contributed by atoms with Crippen molar-refractivity contribution in [3.63, 3.8) is 0 Å². The molecule has 35 heavy (non-hydrogen) atoms. The van der Waals surface area contributed by atoms with Crippen LogP contribution < -0.4 is 5.32 Å². The Morgan fingerprint density at radius 3 is 2.29 bits per heavy atom. The number of carbonyl (C=O) groups excluding carboxylic acids is 1. The molecule has 3 heterocycles. The van der Waals surface area contributed by atoms with Crippen molar-refractivity contribution in [3.05, 3.63) is 47.0 Å². The number of anilines is 1. The highest BCUT2D eigenvalue weighted by atomic mass is 79.9. The van der Waals surface area contributed by atoms with Crippen LogP contribution in [0.25, 0.3) is 22.3 Å². The van der Waals surface area contributed by atoms with E-state index in [4.69, 9.17) is 10.2 Å². The van der Waals surface area contributed by atoms with Gasteiger partial charge in [0.2, 0.25) is 5.91 Å². The highest BCUT2D eigenvalue weighted by molar-refractivity contribution is 9.10. The molecular formula is C23H24BrN5O6. The number of pyridine rings is 1. The molecule has 0 bridgehead atoms. The number of nitrogens with one attached hydrogen (secondary N) is 2. The average molecular weight is 546 g/mol. The molecule has 1 amide bonds. The monoisotopic (exact) mass is 545 g/mol. The first kappa shape index (κ1) is 25.8. The number of nitrogens with zero attached hydrogens (tertiary/aromatic N) is 3. The molecule has 1 aliphatic rings. The summed E-state index contributed by atoms with van der Waals surface area (Å²) in [5.41, 5.74) is 2.20. The summed E-state index contributed by atoms with van der Waals surface area (Å²) in [5.74, 6) is -1.79. The van der Waals surface area contributed by atoms with Crippen LogP contribution in [0.15, 0.2) is 47.0 Å². The van der Waals surface area contributed by atoms with Crippen molar-refractivity contribution >= 4 is 50.6 Å². The minimum Gasteiger partial charge on any atom is -0.508 e. The Labute approximate surface area is 208 Å². The molecule has 0 aliphatic carbocycles. The number of carboxylic acids is 2. The van der Waals surface area contributed by atoms with Crippen molar-refractivity contribution in [1.29, 1.82) is 0 Å². The number of aliphatic carboxylic acids is 2. The maximum atomic E-state index is 12.6. The fourth-order valence-corrected chi connectivity index (χ4v) is 4.02. The van der Waals surface area contributed by atoms with Crippen molar-refractivity contribution in [2.75, 3.05) is 25.5 Å². The molecule has 3 aromatic rings. The van der Waals surface area contributed by atoms with E-state index in [0.29, 0.717) is 23.6 Å². The number of hydrogen-bond acceptors (Lipinski definition) is 7. The number of rotatable bonds is 5. The summed E-state index contributed by atoms with van der Waals surface area (Å²) >= 11 is 3.56. The summed E-state index contributed by atoms with van der Waals surface area (Å²) in [5, 5.41) is 35.9. The molecule has 11 nitrogen and oxygen atoms in total. The van der Waals surface area contributed by atoms with Gasteiger partial charge in [-0.2, -0.15) is 5.10 Å². The number of aromatic amines is 1. The largest absolute Gasteiger partial charge is 0.508 e. The summed E-state index contributed by atoms with van der Waals surface area (Å²) in [7, 11) is 2.07. The molecule has 1 saturated heterocycles. The van der Waals surface area contributed by atoms with E-state index in [-0.39, 0.29) is 17.6 Å². The molecule has 0 atom stereocenters. The van der Waals surface area contributed by atoms with Gasteiger partial charge in [0.05, 0.1) is 11.1 Å². The average Bonchev–Trinajstić information content (AvgIpc) is 3.20. The van der Waals surface area contributed by atoms with Gasteiger partial charge in [-0.05, 0) is 79.2 Å². The zero-order valence-corrected chi connectivity index (χ0v) is 20.3. The molecule has 0 saturated carbocycles. The maximum absolute atomic E-state index is 12.6. The van der Waals surface area contributed by atoms with Crippen LogP contribution in [-0.2, 0) is 14.4 Å². The number of phenolic OH excluding ortho intramolecular Hbond substituents is 1. The highest BCUT2D eigenvalue weighted by Crippen LogP contribution is 2.32. The Morgan fingerprint density at radius 2 is 1.71 bits per heavy atom. The second kappa shape index (κ2) is 11.6. The molecule has 1 fully saturated rings. The van der Waals surface area contributed by atoms with E-state index in [9.17, 15) is 19.5 Å². The van der Waals surface area contributed by atoms with Crippen LogP contribution in [0.1, 0.15) is 12.8 Å². The summed E-state index contributed by atoms with van der Waals surface area (Å²) < 4.78 is 0.789. The predicted octanol–water partition coefficient (Wildman–Crippen LogP) is 3.09. The Morgan fingerprint density at radius 1 is 1.11 bits per heavy atom. The van der Waals surface area contributed by atoms with Crippen LogP contribution in [0, 0.1) is 5.92 Å². The second-order valence-corrected chi connectivity index (χ2v) is 8.77. The lowest BCUT2D eigenvalue weighted by Crippen LogP contribution is -2.36. The molecular weight excluding hydrogens is 522 g/mol. The van der Waals surface area contributed by atoms with Crippen molar-refractivity contribution in [3.8, 4) is 17.0 Å². The molecule has 4 rings (SSSR count). The molecule has 5 N–H and O–H groups in total. The normalized spacial score (nSPS) is 14.5. The van der Waals surface area contributed by atoms with Gasteiger partial charge in [-0.25, -0.2) is 14.6 Å². The quantitative estimate of drug-likeness (QED) is 0.302. The topological polar surface area (TPSA) is 169 Å². The number of amides is 1. The second-order valence-electron chi connectivity index (χ2n) is 7.91. The van der Waals surface area contributed by atoms with Crippen molar-refractivity contribution < 1.29 is 29.7 Å². The van der Waals surface area contributed by atoms with Crippen molar-refractivity contribution in [2.24, 2.45) is 5.92 Å². The number of likely N-dealkylation sites (tertiary alicyclic amines) is 1. The third-order valence-corrected chi connectivity index (χ3v) is 5.95. The number of aromatic hydroxyl groups is 1. The van der Waals surface area contributed by atoms with Crippen LogP contribution in [0.4, 0.5) is 5.82 Å². The minimum absolute atomic E-state index is 0.00948. The smallest absolute Gasteiger partial charge is 0.328 e. The number of H-pyrrole nitrogens is 1. The van der Waals surface area contributed by atoms with Gasteiger partial charge in [0.1, 0.15) is 5.75 Å². The lowest BCUT2D eigenvalue weighted by molar-refractivity contribution is -0.134. The first-order chi connectivity index (χ1) is 16.6. The Kier molecular flexibility index (Phi) is 8.55. The number of carboxylic acid groups (broad SMARTS) is 2. The highest BCUT2D eigenvalue weighted by Gasteiger charge is 2.24. The van der Waals surface area contributed by atoms with Gasteiger partial charge in [-0.15, -0.1) is 0 Å². The Bertz CT molecular complexity index is 1230. The van der Waals surface area contributed by atoms with Gasteiger partial charge in [-0.1, -0.05) is 0 Å². The molecule has 1 aromatic carbocycles. The van der Waals surface area contributed by atoms with Gasteiger partial charge < -0.3 is 25.5 Å².